The van der Waals surface area contributed by atoms with Crippen LogP contribution in [0.2, 0.25) is 0 Å². The number of anilines is 1. The molecule has 0 bridgehead atoms. The molecule has 2 aromatic carbocycles. The van der Waals surface area contributed by atoms with Crippen molar-refractivity contribution in [3.05, 3.63) is 54.1 Å². The summed E-state index contributed by atoms with van der Waals surface area (Å²) in [6, 6.07) is 9.35. The van der Waals surface area contributed by atoms with Crippen molar-refractivity contribution in [2.24, 2.45) is 0 Å². The van der Waals surface area contributed by atoms with E-state index in [9.17, 15) is 22.0 Å². The topological polar surface area (TPSA) is 66.5 Å². The maximum Gasteiger partial charge on any atom is 0.243 e. The standard InChI is InChI=1S/C16H16F2N2O3S2/c1-20(25(22,23)11-7-8-12(17)13(18)9-11)10-16(21)19-14-5-3-4-6-15(14)24-2/h3-9H,10H2,1-2H3,(H,19,21). The van der Waals surface area contributed by atoms with Crippen molar-refractivity contribution in [1.29, 1.82) is 0 Å². The molecule has 0 aliphatic carbocycles. The van der Waals surface area contributed by atoms with Crippen LogP contribution >= 0.6 is 11.8 Å². The lowest BCUT2D eigenvalue weighted by atomic mass is 10.3. The van der Waals surface area contributed by atoms with E-state index in [0.29, 0.717) is 11.8 Å². The van der Waals surface area contributed by atoms with Crippen molar-refractivity contribution in [1.82, 2.24) is 4.31 Å². The highest BCUT2D eigenvalue weighted by Crippen LogP contribution is 2.24. The Morgan fingerprint density at radius 3 is 2.48 bits per heavy atom. The number of likely N-dealkylation sites (N-methyl/N-ethyl adjacent to an activating group) is 1. The van der Waals surface area contributed by atoms with Gasteiger partial charge >= 0.3 is 0 Å². The molecule has 2 aromatic rings. The van der Waals surface area contributed by atoms with E-state index in [1.165, 1.54) is 18.8 Å². The molecule has 0 radical (unpaired) electrons. The number of nitrogens with zero attached hydrogens (tertiary/aromatic N) is 1. The molecule has 134 valence electrons. The molecule has 0 aliphatic heterocycles. The lowest BCUT2D eigenvalue weighted by Gasteiger charge is -2.17. The predicted octanol–water partition coefficient (Wildman–Crippen LogP) is 2.95. The normalized spacial score (nSPS) is 11.6. The molecule has 25 heavy (non-hydrogen) atoms. The van der Waals surface area contributed by atoms with Crippen LogP contribution in [0.3, 0.4) is 0 Å². The van der Waals surface area contributed by atoms with Crippen molar-refractivity contribution in [3.8, 4) is 0 Å². The third-order valence-corrected chi connectivity index (χ3v) is 5.94. The molecule has 0 heterocycles. The second kappa shape index (κ2) is 7.94. The summed E-state index contributed by atoms with van der Waals surface area (Å²) in [7, 11) is -2.93. The van der Waals surface area contributed by atoms with Crippen LogP contribution in [-0.4, -0.2) is 38.5 Å². The molecular formula is C16H16F2N2O3S2. The van der Waals surface area contributed by atoms with Crippen LogP contribution in [-0.2, 0) is 14.8 Å². The largest absolute Gasteiger partial charge is 0.324 e. The molecule has 0 spiro atoms. The Morgan fingerprint density at radius 2 is 1.84 bits per heavy atom. The fraction of sp³-hybridized carbons (Fsp3) is 0.188. The second-order valence-electron chi connectivity index (χ2n) is 5.09. The number of hydrogen-bond donors (Lipinski definition) is 1. The summed E-state index contributed by atoms with van der Waals surface area (Å²) in [6.07, 6.45) is 1.85. The lowest BCUT2D eigenvalue weighted by molar-refractivity contribution is -0.116. The zero-order valence-electron chi connectivity index (χ0n) is 13.5. The number of benzene rings is 2. The maximum atomic E-state index is 13.3. The van der Waals surface area contributed by atoms with Gasteiger partial charge in [0.25, 0.3) is 0 Å². The van der Waals surface area contributed by atoms with Crippen LogP contribution in [0.5, 0.6) is 0 Å². The van der Waals surface area contributed by atoms with Gasteiger partial charge in [0.1, 0.15) is 0 Å². The maximum absolute atomic E-state index is 13.3. The number of carbonyl (C=O) groups is 1. The van der Waals surface area contributed by atoms with E-state index < -0.39 is 39.0 Å². The number of halogens is 2. The van der Waals surface area contributed by atoms with Crippen LogP contribution in [0.25, 0.3) is 0 Å². The summed E-state index contributed by atoms with van der Waals surface area (Å²) < 4.78 is 51.7. The van der Waals surface area contributed by atoms with E-state index in [0.717, 1.165) is 21.3 Å². The first-order valence-electron chi connectivity index (χ1n) is 7.10. The number of para-hydroxylation sites is 1. The van der Waals surface area contributed by atoms with E-state index in [1.54, 1.807) is 12.1 Å². The van der Waals surface area contributed by atoms with Crippen LogP contribution in [0.4, 0.5) is 14.5 Å². The van der Waals surface area contributed by atoms with Crippen molar-refractivity contribution in [3.63, 3.8) is 0 Å². The highest BCUT2D eigenvalue weighted by molar-refractivity contribution is 7.98. The zero-order valence-corrected chi connectivity index (χ0v) is 15.1. The van der Waals surface area contributed by atoms with Crippen LogP contribution in [0.1, 0.15) is 0 Å². The van der Waals surface area contributed by atoms with Crippen molar-refractivity contribution in [2.75, 3.05) is 25.2 Å². The van der Waals surface area contributed by atoms with Gasteiger partial charge in [-0.1, -0.05) is 12.1 Å². The van der Waals surface area contributed by atoms with Gasteiger partial charge in [-0.25, -0.2) is 17.2 Å². The Labute approximate surface area is 149 Å². The van der Waals surface area contributed by atoms with E-state index in [2.05, 4.69) is 5.32 Å². The number of hydrogen-bond acceptors (Lipinski definition) is 4. The molecule has 1 N–H and O–H groups in total. The average molecular weight is 386 g/mol. The first-order chi connectivity index (χ1) is 11.8. The van der Waals surface area contributed by atoms with Gasteiger partial charge < -0.3 is 5.32 Å². The minimum atomic E-state index is -4.12. The zero-order chi connectivity index (χ0) is 18.6. The van der Waals surface area contributed by atoms with Gasteiger partial charge in [0.05, 0.1) is 17.1 Å². The lowest BCUT2D eigenvalue weighted by Crippen LogP contribution is -2.35. The van der Waals surface area contributed by atoms with E-state index in [1.807, 2.05) is 18.4 Å². The van der Waals surface area contributed by atoms with Crippen LogP contribution in [0, 0.1) is 11.6 Å². The Kier molecular flexibility index (Phi) is 6.15. The van der Waals surface area contributed by atoms with Crippen molar-refractivity contribution >= 4 is 33.4 Å². The van der Waals surface area contributed by atoms with E-state index >= 15 is 0 Å². The van der Waals surface area contributed by atoms with Crippen molar-refractivity contribution < 1.29 is 22.0 Å². The Balaban J connectivity index is 2.13. The Hall–Kier alpha value is -1.97. The molecule has 9 heteroatoms. The molecule has 0 fully saturated rings. The van der Waals surface area contributed by atoms with E-state index in [4.69, 9.17) is 0 Å². The van der Waals surface area contributed by atoms with Crippen molar-refractivity contribution in [2.45, 2.75) is 9.79 Å². The summed E-state index contributed by atoms with van der Waals surface area (Å²) in [5.74, 6) is -2.96. The number of sulfonamides is 1. The molecule has 0 aromatic heterocycles. The molecule has 2 rings (SSSR count). The molecular weight excluding hydrogens is 370 g/mol. The van der Waals surface area contributed by atoms with Gasteiger partial charge in [-0.15, -0.1) is 11.8 Å². The Morgan fingerprint density at radius 1 is 1.16 bits per heavy atom. The van der Waals surface area contributed by atoms with Gasteiger partial charge in [0.2, 0.25) is 15.9 Å². The molecule has 0 aliphatic rings. The molecule has 5 nitrogen and oxygen atoms in total. The van der Waals surface area contributed by atoms with Gasteiger partial charge in [0.15, 0.2) is 11.6 Å². The SMILES string of the molecule is CSc1ccccc1NC(=O)CN(C)S(=O)(=O)c1ccc(F)c(F)c1. The monoisotopic (exact) mass is 386 g/mol. The fourth-order valence-corrected chi connectivity index (χ4v) is 3.74. The third kappa shape index (κ3) is 4.56. The average Bonchev–Trinajstić information content (AvgIpc) is 2.57. The highest BCUT2D eigenvalue weighted by atomic mass is 32.2. The minimum Gasteiger partial charge on any atom is -0.324 e. The first-order valence-corrected chi connectivity index (χ1v) is 9.76. The number of nitrogens with one attached hydrogen (secondary N) is 1. The number of carbonyl (C=O) groups excluding carboxylic acids is 1. The third-order valence-electron chi connectivity index (χ3n) is 3.35. The van der Waals surface area contributed by atoms with E-state index in [-0.39, 0.29) is 0 Å². The summed E-state index contributed by atoms with van der Waals surface area (Å²) in [4.78, 5) is 12.5. The highest BCUT2D eigenvalue weighted by Gasteiger charge is 2.24. The second-order valence-corrected chi connectivity index (χ2v) is 7.98. The minimum absolute atomic E-state index is 0.425. The predicted molar refractivity (Wildman–Crippen MR) is 93.0 cm³/mol. The smallest absolute Gasteiger partial charge is 0.243 e. The summed E-state index contributed by atoms with van der Waals surface area (Å²) in [5.41, 5.74) is 0.568. The van der Waals surface area contributed by atoms with Gasteiger partial charge in [-0.3, -0.25) is 4.79 Å². The van der Waals surface area contributed by atoms with Gasteiger partial charge in [-0.05, 0) is 36.6 Å². The number of amides is 1. The Bertz CT molecular complexity index is 889. The quantitative estimate of drug-likeness (QED) is 0.776. The summed E-state index contributed by atoms with van der Waals surface area (Å²) in [5, 5.41) is 2.64. The number of thioether (sulfide) groups is 1. The van der Waals surface area contributed by atoms with Gasteiger partial charge in [-0.2, -0.15) is 4.31 Å². The first kappa shape index (κ1) is 19.4. The molecule has 0 atom stereocenters. The summed E-state index contributed by atoms with van der Waals surface area (Å²) in [6.45, 7) is -0.468. The van der Waals surface area contributed by atoms with Crippen LogP contribution < -0.4 is 5.32 Å². The molecule has 0 saturated heterocycles. The molecule has 0 unspecified atom stereocenters. The number of rotatable bonds is 6. The fourth-order valence-electron chi connectivity index (χ4n) is 2.04. The summed E-state index contributed by atoms with van der Waals surface area (Å²) >= 11 is 1.44. The molecule has 1 amide bonds. The van der Waals surface area contributed by atoms with Gasteiger partial charge in [0, 0.05) is 11.9 Å². The molecule has 0 saturated carbocycles. The van der Waals surface area contributed by atoms with Crippen LogP contribution in [0.15, 0.2) is 52.3 Å².